The first kappa shape index (κ1) is 24.4. The molecule has 7 heteroatoms. The van der Waals surface area contributed by atoms with Crippen molar-refractivity contribution in [1.29, 1.82) is 0 Å². The van der Waals surface area contributed by atoms with Gasteiger partial charge >= 0.3 is 5.97 Å². The first-order chi connectivity index (χ1) is 11.4. The van der Waals surface area contributed by atoms with Crippen LogP contribution in [0.2, 0.25) is 0 Å². The Labute approximate surface area is 170 Å². The van der Waals surface area contributed by atoms with Gasteiger partial charge in [0.2, 0.25) is 0 Å². The van der Waals surface area contributed by atoms with Crippen molar-refractivity contribution in [2.24, 2.45) is 10.9 Å². The van der Waals surface area contributed by atoms with Crippen LogP contribution in [-0.4, -0.2) is 73.6 Å². The molecule has 1 rings (SSSR count). The summed E-state index contributed by atoms with van der Waals surface area (Å²) in [5, 5.41) is 3.38. The Hall–Kier alpha value is -0.570. The number of likely N-dealkylation sites (tertiary alicyclic amines) is 1. The number of halogens is 1. The fraction of sp³-hybridized carbons (Fsp3) is 0.889. The summed E-state index contributed by atoms with van der Waals surface area (Å²) < 4.78 is 4.86. The third-order valence-electron chi connectivity index (χ3n) is 4.61. The van der Waals surface area contributed by atoms with Crippen LogP contribution >= 0.6 is 24.0 Å². The average Bonchev–Trinajstić information content (AvgIpc) is 2.56. The third-order valence-corrected chi connectivity index (χ3v) is 4.61. The van der Waals surface area contributed by atoms with Crippen LogP contribution in [0, 0.1) is 5.92 Å². The topological polar surface area (TPSA) is 57.2 Å². The zero-order valence-corrected chi connectivity index (χ0v) is 19.1. The van der Waals surface area contributed by atoms with Gasteiger partial charge in [-0.2, -0.15) is 0 Å². The van der Waals surface area contributed by atoms with Crippen LogP contribution in [0.3, 0.4) is 0 Å². The van der Waals surface area contributed by atoms with Crippen LogP contribution in [0.5, 0.6) is 0 Å². The number of nitrogens with one attached hydrogen (secondary N) is 1. The first-order valence-electron chi connectivity index (χ1n) is 9.27. The molecule has 1 fully saturated rings. The van der Waals surface area contributed by atoms with Crippen molar-refractivity contribution < 1.29 is 9.53 Å². The monoisotopic (exact) mass is 468 g/mol. The van der Waals surface area contributed by atoms with Crippen molar-refractivity contribution in [2.45, 2.75) is 59.5 Å². The minimum Gasteiger partial charge on any atom is -0.469 e. The van der Waals surface area contributed by atoms with Crippen LogP contribution in [0.4, 0.5) is 0 Å². The highest BCUT2D eigenvalue weighted by molar-refractivity contribution is 14.0. The van der Waals surface area contributed by atoms with Crippen LogP contribution in [0.1, 0.15) is 47.5 Å². The van der Waals surface area contributed by atoms with Crippen LogP contribution in [-0.2, 0) is 9.53 Å². The minimum atomic E-state index is -0.0823. The first-order valence-corrected chi connectivity index (χ1v) is 9.27. The Morgan fingerprint density at radius 1 is 1.24 bits per heavy atom. The summed E-state index contributed by atoms with van der Waals surface area (Å²) in [6.07, 6.45) is 1.67. The molecule has 1 aliphatic heterocycles. The molecule has 1 N–H and O–H groups in total. The number of carbonyl (C=O) groups excluding carboxylic acids is 1. The van der Waals surface area contributed by atoms with Crippen molar-refractivity contribution in [3.8, 4) is 0 Å². The number of nitrogens with zero attached hydrogens (tertiary/aromatic N) is 3. The molecule has 0 saturated carbocycles. The van der Waals surface area contributed by atoms with E-state index in [1.807, 2.05) is 0 Å². The van der Waals surface area contributed by atoms with Crippen molar-refractivity contribution in [3.05, 3.63) is 0 Å². The molecule has 0 aromatic carbocycles. The number of carbonyl (C=O) groups is 1. The van der Waals surface area contributed by atoms with Gasteiger partial charge in [-0.15, -0.1) is 24.0 Å². The lowest BCUT2D eigenvalue weighted by Crippen LogP contribution is -2.47. The summed E-state index contributed by atoms with van der Waals surface area (Å²) in [4.78, 5) is 21.2. The van der Waals surface area contributed by atoms with E-state index in [1.165, 1.54) is 7.11 Å². The van der Waals surface area contributed by atoms with Gasteiger partial charge in [0.15, 0.2) is 5.96 Å². The molecule has 148 valence electrons. The predicted octanol–water partition coefficient (Wildman–Crippen LogP) is 2.57. The van der Waals surface area contributed by atoms with E-state index in [0.717, 1.165) is 51.5 Å². The molecular weight excluding hydrogens is 431 g/mol. The van der Waals surface area contributed by atoms with Crippen LogP contribution < -0.4 is 5.32 Å². The number of piperidine rings is 1. The van der Waals surface area contributed by atoms with Crippen LogP contribution in [0.25, 0.3) is 0 Å². The molecule has 0 atom stereocenters. The summed E-state index contributed by atoms with van der Waals surface area (Å²) in [5.41, 5.74) is 0. The second-order valence-corrected chi connectivity index (χ2v) is 6.95. The number of methoxy groups -OCH3 is 1. The SMILES string of the molecule is CCNC(=NCCN(C(C)C)C(C)C)N1CCC(C(=O)OC)CC1.I. The lowest BCUT2D eigenvalue weighted by atomic mass is 9.97. The predicted molar refractivity (Wildman–Crippen MR) is 115 cm³/mol. The summed E-state index contributed by atoms with van der Waals surface area (Å²) >= 11 is 0. The van der Waals surface area contributed by atoms with E-state index in [2.05, 4.69) is 49.7 Å². The maximum Gasteiger partial charge on any atom is 0.308 e. The van der Waals surface area contributed by atoms with Gasteiger partial charge in [0.1, 0.15) is 0 Å². The van der Waals surface area contributed by atoms with Crippen molar-refractivity contribution in [2.75, 3.05) is 39.8 Å². The Morgan fingerprint density at radius 3 is 2.24 bits per heavy atom. The Balaban J connectivity index is 0.00000576. The van der Waals surface area contributed by atoms with Gasteiger partial charge in [0, 0.05) is 38.3 Å². The minimum absolute atomic E-state index is 0. The van der Waals surface area contributed by atoms with E-state index in [4.69, 9.17) is 9.73 Å². The largest absolute Gasteiger partial charge is 0.469 e. The molecule has 1 aliphatic rings. The fourth-order valence-electron chi connectivity index (χ4n) is 3.30. The Kier molecular flexibility index (Phi) is 12.4. The van der Waals surface area contributed by atoms with Gasteiger partial charge < -0.3 is 15.0 Å². The second kappa shape index (κ2) is 12.7. The Bertz CT molecular complexity index is 400. The van der Waals surface area contributed by atoms with Crippen molar-refractivity contribution in [3.63, 3.8) is 0 Å². The van der Waals surface area contributed by atoms with Crippen molar-refractivity contribution >= 4 is 35.9 Å². The summed E-state index contributed by atoms with van der Waals surface area (Å²) in [6, 6.07) is 1.05. The highest BCUT2D eigenvalue weighted by Crippen LogP contribution is 2.18. The smallest absolute Gasteiger partial charge is 0.308 e. The molecule has 1 saturated heterocycles. The highest BCUT2D eigenvalue weighted by Gasteiger charge is 2.27. The average molecular weight is 468 g/mol. The quantitative estimate of drug-likeness (QED) is 0.270. The lowest BCUT2D eigenvalue weighted by molar-refractivity contribution is -0.146. The molecule has 0 amide bonds. The van der Waals surface area contributed by atoms with E-state index in [9.17, 15) is 4.79 Å². The highest BCUT2D eigenvalue weighted by atomic mass is 127. The molecule has 0 aromatic rings. The van der Waals surface area contributed by atoms with Gasteiger partial charge in [-0.3, -0.25) is 14.7 Å². The maximum atomic E-state index is 11.7. The van der Waals surface area contributed by atoms with E-state index in [-0.39, 0.29) is 35.9 Å². The number of hydrogen-bond donors (Lipinski definition) is 1. The molecule has 0 aromatic heterocycles. The number of guanidine groups is 1. The zero-order valence-electron chi connectivity index (χ0n) is 16.7. The number of hydrogen-bond acceptors (Lipinski definition) is 4. The van der Waals surface area contributed by atoms with Crippen LogP contribution in [0.15, 0.2) is 4.99 Å². The molecule has 0 radical (unpaired) electrons. The van der Waals surface area contributed by atoms with Gasteiger partial charge in [-0.05, 0) is 47.5 Å². The molecule has 0 bridgehead atoms. The van der Waals surface area contributed by atoms with E-state index in [1.54, 1.807) is 0 Å². The normalized spacial score (nSPS) is 16.4. The molecule has 0 spiro atoms. The van der Waals surface area contributed by atoms with Gasteiger partial charge in [-0.1, -0.05) is 0 Å². The fourth-order valence-corrected chi connectivity index (χ4v) is 3.30. The third kappa shape index (κ3) is 8.11. The second-order valence-electron chi connectivity index (χ2n) is 6.95. The molecule has 0 unspecified atom stereocenters. The van der Waals surface area contributed by atoms with E-state index in [0.29, 0.717) is 12.1 Å². The zero-order chi connectivity index (χ0) is 18.1. The van der Waals surface area contributed by atoms with E-state index >= 15 is 0 Å². The number of rotatable bonds is 7. The molecular formula is C18H37IN4O2. The molecule has 0 aliphatic carbocycles. The standard InChI is InChI=1S/C18H36N4O2.HI/c1-7-19-18(20-10-13-22(14(2)3)15(4)5)21-11-8-16(9-12-21)17(23)24-6;/h14-16H,7-13H2,1-6H3,(H,19,20);1H. The number of aliphatic imine (C=N–C) groups is 1. The molecule has 25 heavy (non-hydrogen) atoms. The molecule has 6 nitrogen and oxygen atoms in total. The summed E-state index contributed by atoms with van der Waals surface area (Å²) in [7, 11) is 1.47. The van der Waals surface area contributed by atoms with Gasteiger partial charge in [-0.25, -0.2) is 0 Å². The van der Waals surface area contributed by atoms with E-state index < -0.39 is 0 Å². The summed E-state index contributed by atoms with van der Waals surface area (Å²) in [5.74, 6) is 0.917. The lowest BCUT2D eigenvalue weighted by Gasteiger charge is -2.33. The Morgan fingerprint density at radius 2 is 1.80 bits per heavy atom. The van der Waals surface area contributed by atoms with Gasteiger partial charge in [0.05, 0.1) is 19.6 Å². The number of ether oxygens (including phenoxy) is 1. The van der Waals surface area contributed by atoms with Crippen molar-refractivity contribution in [1.82, 2.24) is 15.1 Å². The number of esters is 1. The molecule has 1 heterocycles. The maximum absolute atomic E-state index is 11.7. The summed E-state index contributed by atoms with van der Waals surface area (Å²) in [6.45, 7) is 15.3. The van der Waals surface area contributed by atoms with Gasteiger partial charge in [0.25, 0.3) is 0 Å².